The van der Waals surface area contributed by atoms with Gasteiger partial charge in [0, 0.05) is 56.8 Å². The van der Waals surface area contributed by atoms with E-state index in [1.54, 1.807) is 20.8 Å². The molecule has 1 N–H and O–H groups in total. The maximum atomic E-state index is 12.5. The molecule has 1 aliphatic heterocycles. The molecule has 1 saturated heterocycles. The first-order valence-electron chi connectivity index (χ1n) is 12.9. The third kappa shape index (κ3) is 10.4. The van der Waals surface area contributed by atoms with Crippen LogP contribution < -0.4 is 4.90 Å². The molecule has 6 nitrogen and oxygen atoms in total. The van der Waals surface area contributed by atoms with Crippen molar-refractivity contribution in [2.45, 2.75) is 86.9 Å². The molecule has 0 unspecified atom stereocenters. The number of hydrogen-bond acceptors (Lipinski definition) is 7. The Balaban J connectivity index is 0.000000877. The Morgan fingerprint density at radius 3 is 2.22 bits per heavy atom. The predicted molar refractivity (Wildman–Crippen MR) is 163 cm³/mol. The molecule has 2 aromatic rings. The largest absolute Gasteiger partial charge is 0.466 e. The molecule has 0 spiro atoms. The molecular weight excluding hydrogens is 599 g/mol. The van der Waals surface area contributed by atoms with Crippen molar-refractivity contribution in [1.82, 2.24) is 4.98 Å². The normalized spacial score (nSPS) is 15.1. The smallest absolute Gasteiger partial charge is 0.310 e. The molecule has 0 bridgehead atoms. The molecular formula is C29H43IN2O4S. The number of halogens is 1. The minimum absolute atomic E-state index is 0.199. The average Bonchev–Trinajstić information content (AvgIpc) is 2.79. The number of aromatic nitrogens is 1. The van der Waals surface area contributed by atoms with E-state index in [1.807, 2.05) is 13.8 Å². The highest BCUT2D eigenvalue weighted by Gasteiger charge is 2.30. The zero-order chi connectivity index (χ0) is 27.8. The maximum Gasteiger partial charge on any atom is 0.310 e. The molecule has 3 rings (SSSR count). The maximum absolute atomic E-state index is 12.5. The molecule has 0 amide bonds. The van der Waals surface area contributed by atoms with E-state index < -0.39 is 5.60 Å². The van der Waals surface area contributed by atoms with E-state index in [-0.39, 0.29) is 12.4 Å². The van der Waals surface area contributed by atoms with Gasteiger partial charge in [0.2, 0.25) is 0 Å². The molecule has 37 heavy (non-hydrogen) atoms. The second-order valence-corrected chi connectivity index (χ2v) is 12.8. The summed E-state index contributed by atoms with van der Waals surface area (Å²) in [4.78, 5) is 19.8. The number of anilines is 1. The Bertz CT molecular complexity index is 1020. The Kier molecular flexibility index (Phi) is 12.2. The number of carbonyl (C=O) groups is 1. The van der Waals surface area contributed by atoms with Gasteiger partial charge in [-0.05, 0) is 70.9 Å². The number of ether oxygens (including phenoxy) is 1. The summed E-state index contributed by atoms with van der Waals surface area (Å²) in [6.07, 6.45) is 2.49. The third-order valence-corrected chi connectivity index (χ3v) is 7.20. The quantitative estimate of drug-likeness (QED) is 0.183. The Labute approximate surface area is 239 Å². The number of rotatable bonds is 8. The summed E-state index contributed by atoms with van der Waals surface area (Å²) >= 11 is 2.13. The summed E-state index contributed by atoms with van der Waals surface area (Å²) < 4.78 is 10.8. The molecule has 2 heterocycles. The van der Waals surface area contributed by atoms with Crippen molar-refractivity contribution in [2.75, 3.05) is 24.6 Å². The van der Waals surface area contributed by atoms with Crippen molar-refractivity contribution in [3.05, 3.63) is 46.8 Å². The number of piperidine rings is 1. The number of nitrogens with zero attached hydrogens (tertiary/aromatic N) is 2. The van der Waals surface area contributed by atoms with Crippen LogP contribution in [-0.2, 0) is 26.7 Å². The molecule has 1 aromatic heterocycles. The predicted octanol–water partition coefficient (Wildman–Crippen LogP) is 7.39. The minimum atomic E-state index is -0.500. The number of pyridine rings is 1. The number of hydrogen-bond donors (Lipinski definition) is 1. The summed E-state index contributed by atoms with van der Waals surface area (Å²) in [5.74, 6) is -0.199. The van der Waals surface area contributed by atoms with Crippen molar-refractivity contribution >= 4 is 42.1 Å². The van der Waals surface area contributed by atoms with Crippen LogP contribution in [0.4, 0.5) is 5.69 Å². The van der Waals surface area contributed by atoms with Crippen LogP contribution >= 0.6 is 30.4 Å². The Morgan fingerprint density at radius 1 is 1.14 bits per heavy atom. The van der Waals surface area contributed by atoms with Crippen LogP contribution in [0, 0.1) is 19.3 Å². The molecule has 0 radical (unpaired) electrons. The lowest BCUT2D eigenvalue weighted by Crippen LogP contribution is -2.38. The van der Waals surface area contributed by atoms with E-state index in [1.165, 1.54) is 9.21 Å². The Morgan fingerprint density at radius 2 is 1.70 bits per heavy atom. The number of carbonyl (C=O) groups excluding carboxylic acids is 1. The molecule has 206 valence electrons. The molecule has 1 aromatic carbocycles. The Hall–Kier alpha value is -1.36. The van der Waals surface area contributed by atoms with E-state index >= 15 is 0 Å². The van der Waals surface area contributed by atoms with Crippen molar-refractivity contribution in [3.63, 3.8) is 0 Å². The number of benzene rings is 1. The van der Waals surface area contributed by atoms with Crippen molar-refractivity contribution in [3.8, 4) is 11.1 Å². The molecule has 1 aliphatic rings. The number of aryl methyl sites for hydroxylation is 2. The van der Waals surface area contributed by atoms with Gasteiger partial charge in [0.1, 0.15) is 0 Å². The van der Waals surface area contributed by atoms with Gasteiger partial charge in [0.05, 0.1) is 40.1 Å². The van der Waals surface area contributed by atoms with E-state index in [4.69, 9.17) is 19.0 Å². The van der Waals surface area contributed by atoms with E-state index in [0.29, 0.717) is 18.6 Å². The molecule has 0 aliphatic carbocycles. The van der Waals surface area contributed by atoms with Crippen molar-refractivity contribution in [1.29, 1.82) is 0 Å². The fourth-order valence-corrected chi connectivity index (χ4v) is 4.89. The first kappa shape index (κ1) is 31.9. The van der Waals surface area contributed by atoms with Crippen LogP contribution in [0.3, 0.4) is 0 Å². The number of esters is 1. The molecule has 1 fully saturated rings. The van der Waals surface area contributed by atoms with E-state index in [0.717, 1.165) is 65.3 Å². The van der Waals surface area contributed by atoms with Gasteiger partial charge in [-0.1, -0.05) is 38.1 Å². The lowest BCUT2D eigenvalue weighted by atomic mass is 9.82. The van der Waals surface area contributed by atoms with Gasteiger partial charge in [-0.2, -0.15) is 0 Å². The highest BCUT2D eigenvalue weighted by Crippen LogP contribution is 2.41. The van der Waals surface area contributed by atoms with Gasteiger partial charge >= 0.3 is 5.97 Å². The van der Waals surface area contributed by atoms with Crippen LogP contribution in [0.25, 0.3) is 11.1 Å². The summed E-state index contributed by atoms with van der Waals surface area (Å²) in [7, 11) is 1.34. The van der Waals surface area contributed by atoms with Gasteiger partial charge in [-0.25, -0.2) is 0 Å². The van der Waals surface area contributed by atoms with Gasteiger partial charge in [0.15, 0.2) is 0 Å². The van der Waals surface area contributed by atoms with Crippen molar-refractivity contribution in [2.24, 2.45) is 5.41 Å². The highest BCUT2D eigenvalue weighted by molar-refractivity contribution is 14.2. The molecule has 0 saturated carbocycles. The van der Waals surface area contributed by atoms with Gasteiger partial charge < -0.3 is 18.9 Å². The summed E-state index contributed by atoms with van der Waals surface area (Å²) in [5, 5.41) is 8.52. The molecule has 8 heteroatoms. The zero-order valence-electron chi connectivity index (χ0n) is 23.6. The van der Waals surface area contributed by atoms with E-state index in [9.17, 15) is 4.79 Å². The summed E-state index contributed by atoms with van der Waals surface area (Å²) in [5.41, 5.74) is 7.22. The van der Waals surface area contributed by atoms with Gasteiger partial charge in [-0.15, -0.1) is 0 Å². The summed E-state index contributed by atoms with van der Waals surface area (Å²) in [6, 6.07) is 8.49. The van der Waals surface area contributed by atoms with Gasteiger partial charge in [0.25, 0.3) is 0 Å². The lowest BCUT2D eigenvalue weighted by molar-refractivity contribution is -0.142. The zero-order valence-corrected chi connectivity index (χ0v) is 26.6. The van der Waals surface area contributed by atoms with Crippen LogP contribution in [0.2, 0.25) is 0 Å². The standard InChI is InChI=1S/C25H33IN2O3S.C4H10O/c1-6-30-22(29)15-21-17(2)27-18(3)23(20-9-7-19(8-10-20)16-31-32-26)24(21)28-13-11-25(4,5)12-14-28;1-4(2,3)5/h7-10H,6,11-16H2,1-5H3;5H,1-3H3. The number of aliphatic hydroxyl groups is 1. The second kappa shape index (κ2) is 14.1. The average molecular weight is 643 g/mol. The summed E-state index contributed by atoms with van der Waals surface area (Å²) in [6.45, 7) is 18.7. The SMILES string of the molecule is CC(C)(C)O.CCOC(=O)Cc1c(C)nc(C)c(-c2ccc(COSI)cc2)c1N1CCC(C)(C)CC1. The van der Waals surface area contributed by atoms with Crippen LogP contribution in [0.15, 0.2) is 24.3 Å². The first-order chi connectivity index (χ1) is 17.3. The highest BCUT2D eigenvalue weighted by atomic mass is 127. The van der Waals surface area contributed by atoms with E-state index in [2.05, 4.69) is 71.1 Å². The monoisotopic (exact) mass is 642 g/mol. The lowest BCUT2D eigenvalue weighted by Gasteiger charge is -2.40. The van der Waals surface area contributed by atoms with Gasteiger partial charge in [-0.3, -0.25) is 9.78 Å². The van der Waals surface area contributed by atoms with Crippen molar-refractivity contribution < 1.29 is 18.8 Å². The van der Waals surface area contributed by atoms with Crippen LogP contribution in [0.5, 0.6) is 0 Å². The fourth-order valence-electron chi connectivity index (χ4n) is 4.32. The first-order valence-corrected chi connectivity index (χ1v) is 16.2. The molecule has 0 atom stereocenters. The fraction of sp³-hybridized carbons (Fsp3) is 0.586. The topological polar surface area (TPSA) is 71.9 Å². The van der Waals surface area contributed by atoms with Crippen LogP contribution in [0.1, 0.15) is 76.9 Å². The van der Waals surface area contributed by atoms with Crippen LogP contribution in [-0.4, -0.2) is 41.4 Å². The minimum Gasteiger partial charge on any atom is -0.466 e. The third-order valence-electron chi connectivity index (χ3n) is 6.23. The second-order valence-electron chi connectivity index (χ2n) is 11.3.